The predicted octanol–water partition coefficient (Wildman–Crippen LogP) is 6.77. The summed E-state index contributed by atoms with van der Waals surface area (Å²) in [7, 11) is 0. The van der Waals surface area contributed by atoms with Crippen molar-refractivity contribution >= 4 is 5.97 Å². The Kier molecular flexibility index (Phi) is 8.30. The normalized spacial score (nSPS) is 29.0. The van der Waals surface area contributed by atoms with Gasteiger partial charge in [0, 0.05) is 6.42 Å². The maximum absolute atomic E-state index is 12.8. The third kappa shape index (κ3) is 5.92. The molecule has 4 heteroatoms. The van der Waals surface area contributed by atoms with Crippen LogP contribution in [0.4, 0.5) is 8.78 Å². The van der Waals surface area contributed by atoms with Gasteiger partial charge >= 0.3 is 5.97 Å². The van der Waals surface area contributed by atoms with Gasteiger partial charge in [0.15, 0.2) is 0 Å². The summed E-state index contributed by atoms with van der Waals surface area (Å²) in [5.74, 6) is 0.162. The zero-order valence-electron chi connectivity index (χ0n) is 16.1. The Balaban J connectivity index is 1.78. The fourth-order valence-corrected chi connectivity index (χ4v) is 4.49. The average molecular weight is 369 g/mol. The van der Waals surface area contributed by atoms with Gasteiger partial charge in [0.05, 0.1) is 5.41 Å². The van der Waals surface area contributed by atoms with Crippen LogP contribution in [0.5, 0.6) is 0 Å². The Bertz CT molecular complexity index is 504. The van der Waals surface area contributed by atoms with Gasteiger partial charge in [0.1, 0.15) is 0 Å². The fraction of sp³-hybridized carbons (Fsp3) is 0.773. The van der Waals surface area contributed by atoms with E-state index in [0.717, 1.165) is 24.3 Å². The van der Waals surface area contributed by atoms with Crippen molar-refractivity contribution in [3.63, 3.8) is 0 Å². The molecule has 0 aliphatic heterocycles. The molecule has 2 aliphatic carbocycles. The Hall–Kier alpha value is -1.19. The molecule has 0 aromatic rings. The first-order valence-electron chi connectivity index (χ1n) is 10.4. The highest BCUT2D eigenvalue weighted by molar-refractivity contribution is 5.78. The first-order valence-corrected chi connectivity index (χ1v) is 10.4. The van der Waals surface area contributed by atoms with Crippen molar-refractivity contribution < 1.29 is 18.7 Å². The van der Waals surface area contributed by atoms with E-state index in [4.69, 9.17) is 0 Å². The molecule has 0 saturated heterocycles. The second-order valence-corrected chi connectivity index (χ2v) is 8.22. The van der Waals surface area contributed by atoms with Gasteiger partial charge in [-0.1, -0.05) is 63.7 Å². The van der Waals surface area contributed by atoms with E-state index in [2.05, 4.69) is 6.92 Å². The minimum absolute atomic E-state index is 0.190. The number of alkyl halides is 2. The van der Waals surface area contributed by atoms with Crippen LogP contribution in [0.3, 0.4) is 0 Å². The molecule has 2 aliphatic rings. The SMILES string of the molecule is CCCCCCCC1CCC(C2=CCC(CC(F)F)(C(=O)O)C=C2)CC1. The van der Waals surface area contributed by atoms with Crippen molar-refractivity contribution in [3.05, 3.63) is 23.8 Å². The third-order valence-corrected chi connectivity index (χ3v) is 6.28. The largest absolute Gasteiger partial charge is 0.481 e. The van der Waals surface area contributed by atoms with E-state index in [0.29, 0.717) is 5.92 Å². The van der Waals surface area contributed by atoms with Crippen LogP contribution >= 0.6 is 0 Å². The van der Waals surface area contributed by atoms with Crippen LogP contribution in [0.25, 0.3) is 0 Å². The Morgan fingerprint density at radius 3 is 2.42 bits per heavy atom. The summed E-state index contributed by atoms with van der Waals surface area (Å²) in [5.41, 5.74) is -0.259. The van der Waals surface area contributed by atoms with Crippen molar-refractivity contribution in [2.45, 2.75) is 90.4 Å². The van der Waals surface area contributed by atoms with Gasteiger partial charge < -0.3 is 5.11 Å². The summed E-state index contributed by atoms with van der Waals surface area (Å²) in [6.07, 6.45) is 15.0. The minimum atomic E-state index is -2.60. The lowest BCUT2D eigenvalue weighted by Gasteiger charge is -2.33. The number of aliphatic carboxylic acids is 1. The molecule has 1 atom stereocenters. The van der Waals surface area contributed by atoms with E-state index < -0.39 is 24.2 Å². The lowest BCUT2D eigenvalue weighted by Crippen LogP contribution is -2.32. The number of hydrogen-bond acceptors (Lipinski definition) is 1. The highest BCUT2D eigenvalue weighted by atomic mass is 19.3. The van der Waals surface area contributed by atoms with Crippen LogP contribution in [0, 0.1) is 17.3 Å². The van der Waals surface area contributed by atoms with Crippen LogP contribution in [-0.4, -0.2) is 17.5 Å². The van der Waals surface area contributed by atoms with Crippen LogP contribution in [0.1, 0.15) is 84.0 Å². The smallest absolute Gasteiger partial charge is 0.314 e. The summed E-state index contributed by atoms with van der Waals surface area (Å²) >= 11 is 0. The topological polar surface area (TPSA) is 37.3 Å². The minimum Gasteiger partial charge on any atom is -0.481 e. The molecule has 0 heterocycles. The van der Waals surface area contributed by atoms with Gasteiger partial charge in [0.25, 0.3) is 0 Å². The zero-order chi connectivity index (χ0) is 19.0. The molecule has 0 aromatic heterocycles. The number of rotatable bonds is 10. The summed E-state index contributed by atoms with van der Waals surface area (Å²) < 4.78 is 25.5. The van der Waals surface area contributed by atoms with Gasteiger partial charge in [0.2, 0.25) is 6.43 Å². The summed E-state index contributed by atoms with van der Waals surface area (Å²) in [4.78, 5) is 11.5. The van der Waals surface area contributed by atoms with Crippen molar-refractivity contribution in [1.82, 2.24) is 0 Å². The van der Waals surface area contributed by atoms with E-state index in [1.54, 1.807) is 0 Å². The van der Waals surface area contributed by atoms with E-state index in [1.165, 1.54) is 57.4 Å². The van der Waals surface area contributed by atoms with Gasteiger partial charge in [-0.25, -0.2) is 8.78 Å². The highest BCUT2D eigenvalue weighted by Gasteiger charge is 2.40. The van der Waals surface area contributed by atoms with E-state index in [1.807, 2.05) is 12.2 Å². The molecule has 0 radical (unpaired) electrons. The first kappa shape index (κ1) is 21.1. The molecule has 0 aromatic carbocycles. The number of hydrogen-bond donors (Lipinski definition) is 1. The molecule has 0 bridgehead atoms. The first-order chi connectivity index (χ1) is 12.5. The van der Waals surface area contributed by atoms with Gasteiger partial charge in [-0.2, -0.15) is 0 Å². The quantitative estimate of drug-likeness (QED) is 0.432. The Morgan fingerprint density at radius 2 is 1.88 bits per heavy atom. The molecule has 2 nitrogen and oxygen atoms in total. The molecular formula is C22H34F2O2. The number of carboxylic acid groups (broad SMARTS) is 1. The third-order valence-electron chi connectivity index (χ3n) is 6.28. The van der Waals surface area contributed by atoms with E-state index in [-0.39, 0.29) is 6.42 Å². The van der Waals surface area contributed by atoms with Gasteiger partial charge in [-0.05, 0) is 49.5 Å². The van der Waals surface area contributed by atoms with E-state index >= 15 is 0 Å². The maximum Gasteiger partial charge on any atom is 0.314 e. The van der Waals surface area contributed by atoms with Crippen molar-refractivity contribution in [1.29, 1.82) is 0 Å². The summed E-state index contributed by atoms with van der Waals surface area (Å²) in [5, 5.41) is 9.39. The molecule has 1 N–H and O–H groups in total. The Labute approximate surface area is 156 Å². The fourth-order valence-electron chi connectivity index (χ4n) is 4.49. The van der Waals surface area contributed by atoms with Crippen LogP contribution < -0.4 is 0 Å². The molecule has 148 valence electrons. The van der Waals surface area contributed by atoms with Crippen molar-refractivity contribution in [2.75, 3.05) is 0 Å². The van der Waals surface area contributed by atoms with Gasteiger partial charge in [-0.3, -0.25) is 4.79 Å². The molecule has 0 amide bonds. The molecule has 1 unspecified atom stereocenters. The second-order valence-electron chi connectivity index (χ2n) is 8.22. The second kappa shape index (κ2) is 10.2. The van der Waals surface area contributed by atoms with Crippen molar-refractivity contribution in [2.24, 2.45) is 17.3 Å². The molecule has 1 fully saturated rings. The molecular weight excluding hydrogens is 334 g/mol. The molecule has 1 saturated carbocycles. The number of carboxylic acids is 1. The standard InChI is InChI=1S/C22H34F2O2/c1-2-3-4-5-6-7-17-8-10-18(11-9-17)19-12-14-22(15-13-19,21(25)26)16-20(23)24/h12-14,17-18,20H,2-11,15-16H2,1H3,(H,25,26). The maximum atomic E-state index is 12.8. The zero-order valence-corrected chi connectivity index (χ0v) is 16.1. The number of allylic oxidation sites excluding steroid dienone is 3. The number of halogens is 2. The Morgan fingerprint density at radius 1 is 1.19 bits per heavy atom. The highest BCUT2D eigenvalue weighted by Crippen LogP contribution is 2.41. The predicted molar refractivity (Wildman–Crippen MR) is 101 cm³/mol. The summed E-state index contributed by atoms with van der Waals surface area (Å²) in [6.45, 7) is 2.24. The van der Waals surface area contributed by atoms with Crippen molar-refractivity contribution in [3.8, 4) is 0 Å². The van der Waals surface area contributed by atoms with Crippen LogP contribution in [0.15, 0.2) is 23.8 Å². The van der Waals surface area contributed by atoms with E-state index in [9.17, 15) is 18.7 Å². The summed E-state index contributed by atoms with van der Waals surface area (Å²) in [6, 6.07) is 0. The monoisotopic (exact) mass is 368 g/mol. The molecule has 26 heavy (non-hydrogen) atoms. The van der Waals surface area contributed by atoms with Gasteiger partial charge in [-0.15, -0.1) is 0 Å². The number of carbonyl (C=O) groups is 1. The lowest BCUT2D eigenvalue weighted by molar-refractivity contribution is -0.148. The lowest BCUT2D eigenvalue weighted by atomic mass is 9.72. The molecule has 2 rings (SSSR count). The van der Waals surface area contributed by atoms with Crippen LogP contribution in [-0.2, 0) is 4.79 Å². The number of unbranched alkanes of at least 4 members (excludes halogenated alkanes) is 4. The molecule has 0 spiro atoms. The average Bonchev–Trinajstić information content (AvgIpc) is 2.62. The van der Waals surface area contributed by atoms with Crippen LogP contribution in [0.2, 0.25) is 0 Å².